The van der Waals surface area contributed by atoms with E-state index in [0.29, 0.717) is 42.3 Å². The van der Waals surface area contributed by atoms with Gasteiger partial charge in [-0.05, 0) is 31.5 Å². The zero-order valence-corrected chi connectivity index (χ0v) is 16.8. The van der Waals surface area contributed by atoms with Crippen LogP contribution in [0, 0.1) is 0 Å². The Hall–Kier alpha value is -2.05. The van der Waals surface area contributed by atoms with Crippen LogP contribution in [0.25, 0.3) is 10.9 Å². The molecule has 2 aromatic rings. The number of fused-ring (bicyclic) bond motifs is 1. The number of hydrogen-bond acceptors (Lipinski definition) is 4. The van der Waals surface area contributed by atoms with Crippen molar-refractivity contribution in [1.82, 2.24) is 14.8 Å². The minimum absolute atomic E-state index is 0.108. The molecule has 1 fully saturated rings. The Balaban J connectivity index is 1.73. The number of rotatable bonds is 3. The van der Waals surface area contributed by atoms with Crippen LogP contribution in [0.5, 0.6) is 0 Å². The lowest BCUT2D eigenvalue weighted by atomic mass is 10.1. The number of ether oxygens (including phenoxy) is 1. The molecule has 6 nitrogen and oxygen atoms in total. The Kier molecular flexibility index (Phi) is 6.07. The molecule has 27 heavy (non-hydrogen) atoms. The van der Waals surface area contributed by atoms with Crippen LogP contribution in [0.3, 0.4) is 0 Å². The number of carbonyl (C=O) groups is 2. The first-order chi connectivity index (χ1) is 12.9. The van der Waals surface area contributed by atoms with Gasteiger partial charge in [0.2, 0.25) is 0 Å². The second-order valence-corrected chi connectivity index (χ2v) is 7.36. The molecule has 0 saturated carbocycles. The van der Waals surface area contributed by atoms with E-state index < -0.39 is 0 Å². The summed E-state index contributed by atoms with van der Waals surface area (Å²) in [5.41, 5.74) is 1.09. The van der Waals surface area contributed by atoms with Crippen molar-refractivity contribution in [1.29, 1.82) is 0 Å². The van der Waals surface area contributed by atoms with Crippen LogP contribution in [0.4, 0.5) is 4.79 Å². The number of nitrogens with zero attached hydrogens (tertiary/aromatic N) is 3. The van der Waals surface area contributed by atoms with E-state index in [1.165, 1.54) is 0 Å². The highest BCUT2D eigenvalue weighted by Crippen LogP contribution is 2.26. The molecule has 1 aliphatic rings. The lowest BCUT2D eigenvalue weighted by Crippen LogP contribution is -2.55. The van der Waals surface area contributed by atoms with Crippen LogP contribution in [0.1, 0.15) is 30.6 Å². The molecule has 2 amide bonds. The van der Waals surface area contributed by atoms with Gasteiger partial charge in [-0.15, -0.1) is 0 Å². The number of hydrogen-bond donors (Lipinski definition) is 0. The lowest BCUT2D eigenvalue weighted by Gasteiger charge is -2.39. The summed E-state index contributed by atoms with van der Waals surface area (Å²) in [5.74, 6) is -0.108. The van der Waals surface area contributed by atoms with Crippen molar-refractivity contribution in [3.05, 3.63) is 40.0 Å². The van der Waals surface area contributed by atoms with E-state index in [-0.39, 0.29) is 23.2 Å². The van der Waals surface area contributed by atoms with Crippen molar-refractivity contribution >= 4 is 46.1 Å². The van der Waals surface area contributed by atoms with Gasteiger partial charge in [-0.25, -0.2) is 9.78 Å². The van der Waals surface area contributed by atoms with Gasteiger partial charge in [0.15, 0.2) is 0 Å². The average Bonchev–Trinajstić information content (AvgIpc) is 2.64. The highest BCUT2D eigenvalue weighted by molar-refractivity contribution is 6.37. The zero-order chi connectivity index (χ0) is 19.6. The van der Waals surface area contributed by atoms with Crippen molar-refractivity contribution in [2.24, 2.45) is 0 Å². The van der Waals surface area contributed by atoms with Gasteiger partial charge in [-0.2, -0.15) is 0 Å². The molecule has 0 spiro atoms. The Morgan fingerprint density at radius 1 is 1.26 bits per heavy atom. The molecule has 0 radical (unpaired) electrons. The van der Waals surface area contributed by atoms with Crippen molar-refractivity contribution in [2.45, 2.75) is 26.3 Å². The van der Waals surface area contributed by atoms with Gasteiger partial charge in [0.05, 0.1) is 17.1 Å². The first-order valence-corrected chi connectivity index (χ1v) is 9.64. The average molecular weight is 410 g/mol. The third kappa shape index (κ3) is 4.28. The Morgan fingerprint density at radius 3 is 2.74 bits per heavy atom. The molecule has 1 aliphatic heterocycles. The molecule has 8 heteroatoms. The molecule has 0 aliphatic carbocycles. The van der Waals surface area contributed by atoms with Crippen molar-refractivity contribution in [3.63, 3.8) is 0 Å². The van der Waals surface area contributed by atoms with E-state index >= 15 is 0 Å². The fourth-order valence-electron chi connectivity index (χ4n) is 3.16. The summed E-state index contributed by atoms with van der Waals surface area (Å²) in [4.78, 5) is 32.6. The maximum atomic E-state index is 12.9. The lowest BCUT2D eigenvalue weighted by molar-refractivity contribution is 0.0412. The number of piperazine rings is 1. The molecule has 1 aromatic heterocycles. The van der Waals surface area contributed by atoms with Gasteiger partial charge < -0.3 is 14.5 Å². The van der Waals surface area contributed by atoms with Crippen molar-refractivity contribution in [2.75, 3.05) is 26.2 Å². The summed E-state index contributed by atoms with van der Waals surface area (Å²) in [5, 5.41) is 1.52. The van der Waals surface area contributed by atoms with Crippen molar-refractivity contribution in [3.8, 4) is 0 Å². The van der Waals surface area contributed by atoms with Gasteiger partial charge in [-0.3, -0.25) is 4.79 Å². The topological polar surface area (TPSA) is 62.7 Å². The Labute approximate surface area is 168 Å². The molecule has 0 unspecified atom stereocenters. The van der Waals surface area contributed by atoms with E-state index in [2.05, 4.69) is 4.98 Å². The highest BCUT2D eigenvalue weighted by atomic mass is 35.5. The van der Waals surface area contributed by atoms with Gasteiger partial charge in [0.1, 0.15) is 5.15 Å². The van der Waals surface area contributed by atoms with E-state index in [1.54, 1.807) is 34.1 Å². The molecule has 0 bridgehead atoms. The molecular formula is C19H21Cl2N3O3. The number of aromatic nitrogens is 1. The quantitative estimate of drug-likeness (QED) is 0.711. The fourth-order valence-corrected chi connectivity index (χ4v) is 3.68. The van der Waals surface area contributed by atoms with E-state index in [1.807, 2.05) is 13.8 Å². The second kappa shape index (κ2) is 8.31. The number of halogens is 2. The molecular weight excluding hydrogens is 389 g/mol. The minimum Gasteiger partial charge on any atom is -0.449 e. The van der Waals surface area contributed by atoms with E-state index in [9.17, 15) is 9.59 Å². The molecule has 1 atom stereocenters. The minimum atomic E-state index is -0.323. The largest absolute Gasteiger partial charge is 0.449 e. The van der Waals surface area contributed by atoms with Gasteiger partial charge >= 0.3 is 6.09 Å². The Morgan fingerprint density at radius 2 is 2.04 bits per heavy atom. The van der Waals surface area contributed by atoms with Crippen LogP contribution in [-0.4, -0.2) is 59.1 Å². The summed E-state index contributed by atoms with van der Waals surface area (Å²) in [6, 6.07) is 6.66. The first-order valence-electron chi connectivity index (χ1n) is 8.89. The summed E-state index contributed by atoms with van der Waals surface area (Å²) in [6.07, 6.45) is 0.457. The molecule has 1 saturated heterocycles. The highest BCUT2D eigenvalue weighted by Gasteiger charge is 2.31. The van der Waals surface area contributed by atoms with Crippen LogP contribution >= 0.6 is 23.2 Å². The van der Waals surface area contributed by atoms with Crippen LogP contribution in [0.2, 0.25) is 10.2 Å². The first kappa shape index (κ1) is 19.7. The predicted octanol–water partition coefficient (Wildman–Crippen LogP) is 4.23. The summed E-state index contributed by atoms with van der Waals surface area (Å²) < 4.78 is 5.20. The number of benzene rings is 1. The molecule has 2 heterocycles. The third-order valence-electron chi connectivity index (χ3n) is 4.55. The van der Waals surface area contributed by atoms with E-state index in [4.69, 9.17) is 27.9 Å². The van der Waals surface area contributed by atoms with Gasteiger partial charge in [-0.1, -0.05) is 36.2 Å². The normalized spacial score (nSPS) is 17.3. The third-order valence-corrected chi connectivity index (χ3v) is 5.06. The summed E-state index contributed by atoms with van der Waals surface area (Å²) in [7, 11) is 0. The smallest absolute Gasteiger partial charge is 0.410 e. The number of carbonyl (C=O) groups excluding carboxylic acids is 2. The standard InChI is InChI=1S/C19H21Cl2N3O3/c1-3-8-27-19(26)24-7-6-23(11-12(24)2)18(25)13-4-5-14-15(20)10-17(21)22-16(14)9-13/h4-5,9-10,12H,3,6-8,11H2,1-2H3/t12-/m0/s1. The molecule has 0 N–H and O–H groups in total. The maximum absolute atomic E-state index is 12.9. The van der Waals surface area contributed by atoms with Gasteiger partial charge in [0.25, 0.3) is 5.91 Å². The molecule has 3 rings (SSSR count). The Bertz CT molecular complexity index is 875. The van der Waals surface area contributed by atoms with Crippen molar-refractivity contribution < 1.29 is 14.3 Å². The summed E-state index contributed by atoms with van der Waals surface area (Å²) >= 11 is 12.1. The number of amides is 2. The molecule has 144 valence electrons. The second-order valence-electron chi connectivity index (χ2n) is 6.57. The number of pyridine rings is 1. The predicted molar refractivity (Wildman–Crippen MR) is 105 cm³/mol. The monoisotopic (exact) mass is 409 g/mol. The zero-order valence-electron chi connectivity index (χ0n) is 15.2. The fraction of sp³-hybridized carbons (Fsp3) is 0.421. The molecule has 1 aromatic carbocycles. The van der Waals surface area contributed by atoms with Crippen LogP contribution < -0.4 is 0 Å². The SMILES string of the molecule is CCCOC(=O)N1CCN(C(=O)c2ccc3c(Cl)cc(Cl)nc3c2)C[C@@H]1C. The van der Waals surface area contributed by atoms with Gasteiger partial charge in [0, 0.05) is 36.6 Å². The van der Waals surface area contributed by atoms with Crippen LogP contribution in [-0.2, 0) is 4.74 Å². The van der Waals surface area contributed by atoms with Crippen LogP contribution in [0.15, 0.2) is 24.3 Å². The van der Waals surface area contributed by atoms with E-state index in [0.717, 1.165) is 11.8 Å². The maximum Gasteiger partial charge on any atom is 0.410 e. The summed E-state index contributed by atoms with van der Waals surface area (Å²) in [6.45, 7) is 5.60.